The van der Waals surface area contributed by atoms with Crippen LogP contribution in [0.1, 0.15) is 38.2 Å². The molecule has 2 bridgehead atoms. The fraction of sp³-hybridized carbons (Fsp3) is 0.409. The Morgan fingerprint density at radius 2 is 1.67 bits per heavy atom. The van der Waals surface area contributed by atoms with Gasteiger partial charge in [0.15, 0.2) is 0 Å². The minimum Gasteiger partial charge on any atom is -0.264 e. The van der Waals surface area contributed by atoms with Gasteiger partial charge in [-0.3, -0.25) is 9.71 Å². The highest BCUT2D eigenvalue weighted by Gasteiger charge is 2.42. The number of sulfonamides is 1. The summed E-state index contributed by atoms with van der Waals surface area (Å²) >= 11 is 0. The van der Waals surface area contributed by atoms with Crippen molar-refractivity contribution < 1.29 is 8.42 Å². The molecule has 0 spiro atoms. The number of rotatable bonds is 5. The van der Waals surface area contributed by atoms with Gasteiger partial charge in [0.1, 0.15) is 5.84 Å². The number of fused-ring (bicyclic) bond motifs is 2. The molecule has 2 aromatic carbocycles. The van der Waals surface area contributed by atoms with Gasteiger partial charge in [-0.2, -0.15) is 0 Å². The zero-order chi connectivity index (χ0) is 18.9. The molecule has 5 heteroatoms. The van der Waals surface area contributed by atoms with Crippen LogP contribution in [0.4, 0.5) is 0 Å². The first-order chi connectivity index (χ1) is 13.0. The van der Waals surface area contributed by atoms with Crippen LogP contribution in [0.3, 0.4) is 0 Å². The summed E-state index contributed by atoms with van der Waals surface area (Å²) in [4.78, 5) is 5.14. The second kappa shape index (κ2) is 7.47. The summed E-state index contributed by atoms with van der Waals surface area (Å²) in [5.74, 6) is 2.59. The molecule has 4 atom stereocenters. The molecule has 0 heterocycles. The third kappa shape index (κ3) is 3.93. The van der Waals surface area contributed by atoms with Crippen molar-refractivity contribution >= 4 is 15.9 Å². The second-order valence-corrected chi connectivity index (χ2v) is 9.52. The number of amidine groups is 1. The van der Waals surface area contributed by atoms with E-state index < -0.39 is 10.0 Å². The number of nitrogens with zero attached hydrogens (tertiary/aromatic N) is 1. The van der Waals surface area contributed by atoms with E-state index in [0.717, 1.165) is 17.4 Å². The Kier molecular flexibility index (Phi) is 5.04. The maximum absolute atomic E-state index is 12.9. The molecule has 4 rings (SSSR count). The van der Waals surface area contributed by atoms with Crippen LogP contribution in [0.25, 0.3) is 0 Å². The lowest BCUT2D eigenvalue weighted by Gasteiger charge is -2.26. The Labute approximate surface area is 161 Å². The molecule has 2 aromatic rings. The van der Waals surface area contributed by atoms with Crippen molar-refractivity contribution in [2.75, 3.05) is 0 Å². The van der Waals surface area contributed by atoms with Gasteiger partial charge in [-0.1, -0.05) is 55.0 Å². The molecule has 2 aliphatic rings. The highest BCUT2D eigenvalue weighted by atomic mass is 32.2. The summed E-state index contributed by atoms with van der Waals surface area (Å²) in [6.07, 6.45) is 5.19. The number of aliphatic imine (C=N–C) groups is 1. The first-order valence-corrected chi connectivity index (χ1v) is 11.2. The van der Waals surface area contributed by atoms with Crippen LogP contribution in [0.5, 0.6) is 0 Å². The Hall–Kier alpha value is -2.14. The molecule has 27 heavy (non-hydrogen) atoms. The predicted octanol–water partition coefficient (Wildman–Crippen LogP) is 4.24. The molecule has 4 nitrogen and oxygen atoms in total. The summed E-state index contributed by atoms with van der Waals surface area (Å²) in [5, 5.41) is 0. The smallest absolute Gasteiger partial charge is 0.263 e. The first-order valence-electron chi connectivity index (χ1n) is 9.74. The molecule has 1 N–H and O–H groups in total. The lowest BCUT2D eigenvalue weighted by atomic mass is 9.84. The van der Waals surface area contributed by atoms with Gasteiger partial charge >= 0.3 is 0 Å². The van der Waals surface area contributed by atoms with E-state index in [1.165, 1.54) is 25.7 Å². The molecular weight excluding hydrogens is 356 g/mol. The molecule has 2 fully saturated rings. The number of hydrogen-bond donors (Lipinski definition) is 1. The average molecular weight is 383 g/mol. The fourth-order valence-electron chi connectivity index (χ4n) is 4.73. The van der Waals surface area contributed by atoms with Crippen LogP contribution in [0, 0.1) is 17.8 Å². The Morgan fingerprint density at radius 1 is 1.00 bits per heavy atom. The SMILES string of the molecule is CC(N=C(NS(=O)(=O)c1ccccc1)c1ccccc1)C1CC2CCC1C2. The van der Waals surface area contributed by atoms with E-state index >= 15 is 0 Å². The highest BCUT2D eigenvalue weighted by molar-refractivity contribution is 7.90. The van der Waals surface area contributed by atoms with Crippen LogP contribution in [0.2, 0.25) is 0 Å². The number of nitrogens with one attached hydrogen (secondary N) is 1. The molecule has 0 saturated heterocycles. The van der Waals surface area contributed by atoms with Gasteiger partial charge in [0.2, 0.25) is 0 Å². The summed E-state index contributed by atoms with van der Waals surface area (Å²) in [7, 11) is -3.67. The summed E-state index contributed by atoms with van der Waals surface area (Å²) < 4.78 is 28.5. The van der Waals surface area contributed by atoms with Crippen molar-refractivity contribution in [2.45, 2.75) is 43.5 Å². The van der Waals surface area contributed by atoms with Crippen LogP contribution >= 0.6 is 0 Å². The van der Waals surface area contributed by atoms with Crippen LogP contribution in [0.15, 0.2) is 70.6 Å². The van der Waals surface area contributed by atoms with E-state index in [-0.39, 0.29) is 10.9 Å². The first kappa shape index (κ1) is 18.2. The molecule has 142 valence electrons. The Balaban J connectivity index is 1.63. The molecule has 2 aliphatic carbocycles. The van der Waals surface area contributed by atoms with Gasteiger partial charge in [-0.25, -0.2) is 8.42 Å². The maximum atomic E-state index is 12.9. The second-order valence-electron chi connectivity index (χ2n) is 7.84. The van der Waals surface area contributed by atoms with Gasteiger partial charge in [-0.05, 0) is 56.1 Å². The zero-order valence-electron chi connectivity index (χ0n) is 15.6. The topological polar surface area (TPSA) is 58.5 Å². The predicted molar refractivity (Wildman–Crippen MR) is 108 cm³/mol. The van der Waals surface area contributed by atoms with Gasteiger partial charge in [0.05, 0.1) is 10.9 Å². The molecule has 0 radical (unpaired) electrons. The van der Waals surface area contributed by atoms with Gasteiger partial charge < -0.3 is 0 Å². The van der Waals surface area contributed by atoms with E-state index in [9.17, 15) is 8.42 Å². The average Bonchev–Trinajstić information content (AvgIpc) is 3.32. The number of hydrogen-bond acceptors (Lipinski definition) is 3. The largest absolute Gasteiger partial charge is 0.264 e. The molecule has 0 aliphatic heterocycles. The summed E-state index contributed by atoms with van der Waals surface area (Å²) in [5.41, 5.74) is 0.798. The van der Waals surface area contributed by atoms with Gasteiger partial charge in [0.25, 0.3) is 10.0 Å². The van der Waals surface area contributed by atoms with Crippen molar-refractivity contribution in [2.24, 2.45) is 22.7 Å². The highest BCUT2D eigenvalue weighted by Crippen LogP contribution is 2.50. The minimum atomic E-state index is -3.67. The zero-order valence-corrected chi connectivity index (χ0v) is 16.4. The standard InChI is InChI=1S/C22H26N2O2S/c1-16(21-15-17-12-13-19(21)14-17)23-22(18-8-4-2-5-9-18)24-27(25,26)20-10-6-3-7-11-20/h2-11,16-17,19,21H,12-15H2,1H3,(H,23,24). The van der Waals surface area contributed by atoms with E-state index in [2.05, 4.69) is 11.6 Å². The third-order valence-corrected chi connectivity index (χ3v) is 7.43. The molecule has 0 aromatic heterocycles. The van der Waals surface area contributed by atoms with E-state index in [4.69, 9.17) is 4.99 Å². The monoisotopic (exact) mass is 382 g/mol. The molecule has 4 unspecified atom stereocenters. The van der Waals surface area contributed by atoms with Crippen molar-refractivity contribution in [1.82, 2.24) is 4.72 Å². The summed E-state index contributed by atoms with van der Waals surface area (Å²) in [6, 6.07) is 18.1. The summed E-state index contributed by atoms with van der Waals surface area (Å²) in [6.45, 7) is 2.13. The quantitative estimate of drug-likeness (QED) is 0.621. The molecular formula is C22H26N2O2S. The van der Waals surface area contributed by atoms with E-state index in [0.29, 0.717) is 11.8 Å². The molecule has 2 saturated carbocycles. The van der Waals surface area contributed by atoms with Crippen LogP contribution in [-0.2, 0) is 10.0 Å². The normalized spacial score (nSPS) is 26.1. The van der Waals surface area contributed by atoms with Gasteiger partial charge in [0, 0.05) is 5.56 Å². The van der Waals surface area contributed by atoms with Crippen LogP contribution < -0.4 is 4.72 Å². The lowest BCUT2D eigenvalue weighted by Crippen LogP contribution is -2.34. The van der Waals surface area contributed by atoms with E-state index in [1.54, 1.807) is 24.3 Å². The van der Waals surface area contributed by atoms with Crippen molar-refractivity contribution in [1.29, 1.82) is 0 Å². The lowest BCUT2D eigenvalue weighted by molar-refractivity contribution is 0.294. The van der Waals surface area contributed by atoms with Crippen molar-refractivity contribution in [3.8, 4) is 0 Å². The maximum Gasteiger partial charge on any atom is 0.263 e. The number of benzene rings is 2. The third-order valence-electron chi connectivity index (χ3n) is 6.08. The Bertz CT molecular complexity index is 910. The molecule has 0 amide bonds. The van der Waals surface area contributed by atoms with Crippen molar-refractivity contribution in [3.05, 3.63) is 66.2 Å². The minimum absolute atomic E-state index is 0.106. The Morgan fingerprint density at radius 3 is 2.26 bits per heavy atom. The van der Waals surface area contributed by atoms with E-state index in [1.807, 2.05) is 36.4 Å². The van der Waals surface area contributed by atoms with Crippen molar-refractivity contribution in [3.63, 3.8) is 0 Å². The van der Waals surface area contributed by atoms with Gasteiger partial charge in [-0.15, -0.1) is 0 Å². The fourth-order valence-corrected chi connectivity index (χ4v) is 5.78. The van der Waals surface area contributed by atoms with Crippen LogP contribution in [-0.4, -0.2) is 20.3 Å².